The molecule has 2 aliphatic carbocycles. The number of sulfonamides is 2. The molecule has 0 saturated heterocycles. The van der Waals surface area contributed by atoms with Gasteiger partial charge in [-0.05, 0) is 45.5 Å². The van der Waals surface area contributed by atoms with Gasteiger partial charge in [-0.3, -0.25) is 0 Å². The maximum absolute atomic E-state index is 12.5. The Balaban J connectivity index is 2.00. The summed E-state index contributed by atoms with van der Waals surface area (Å²) in [6.07, 6.45) is 0. The monoisotopic (exact) mass is 461 g/mol. The Kier molecular flexibility index (Phi) is 4.58. The van der Waals surface area contributed by atoms with Crippen molar-refractivity contribution in [3.63, 3.8) is 0 Å². The second-order valence-electron chi connectivity index (χ2n) is 7.49. The molecule has 0 fully saturated rings. The summed E-state index contributed by atoms with van der Waals surface area (Å²) in [5.74, 6) is 0. The maximum atomic E-state index is 12.5. The molecule has 6 nitrogen and oxygen atoms in total. The van der Waals surface area contributed by atoms with Crippen LogP contribution in [0.3, 0.4) is 0 Å². The topological polar surface area (TPSA) is 120 Å². The van der Waals surface area contributed by atoms with Gasteiger partial charge in [0.05, 0.1) is 9.79 Å². The Morgan fingerprint density at radius 1 is 0.594 bits per heavy atom. The molecule has 2 bridgehead atoms. The summed E-state index contributed by atoms with van der Waals surface area (Å²) in [5, 5.41) is 11.1. The predicted molar refractivity (Wildman–Crippen MR) is 123 cm³/mol. The van der Waals surface area contributed by atoms with Crippen LogP contribution in [-0.4, -0.2) is 16.8 Å². The van der Waals surface area contributed by atoms with E-state index >= 15 is 0 Å². The molecule has 0 aliphatic heterocycles. The standard InChI is InChI=1S/C24H17N2O4S2/c25-31(27,28)22-10-4-3-8-18(22)21-14-15-12-13-20(21)24-19(17-7-2-1-6-16(15)17)9-5-11-23(24)32(26,29)30/h1-10,12-14H,(H2,25,27,28)(H2,26,29,30). The minimum Gasteiger partial charge on any atom is -0.225 e. The molecule has 0 atom stereocenters. The van der Waals surface area contributed by atoms with Crippen LogP contribution in [0.5, 0.6) is 0 Å². The largest absolute Gasteiger partial charge is 0.239 e. The van der Waals surface area contributed by atoms with Gasteiger partial charge in [-0.2, -0.15) is 0 Å². The second-order valence-corrected chi connectivity index (χ2v) is 10.5. The van der Waals surface area contributed by atoms with Crippen LogP contribution in [-0.2, 0) is 20.0 Å². The van der Waals surface area contributed by atoms with E-state index in [1.807, 2.05) is 36.4 Å². The Bertz CT molecular complexity index is 1630. The predicted octanol–water partition coefficient (Wildman–Crippen LogP) is 3.76. The van der Waals surface area contributed by atoms with Gasteiger partial charge < -0.3 is 0 Å². The summed E-state index contributed by atoms with van der Waals surface area (Å²) in [7, 11) is -8.17. The van der Waals surface area contributed by atoms with Crippen molar-refractivity contribution in [2.24, 2.45) is 10.3 Å². The Labute approximate surface area is 186 Å². The van der Waals surface area contributed by atoms with Crippen molar-refractivity contribution in [3.05, 3.63) is 84.9 Å². The van der Waals surface area contributed by atoms with E-state index in [-0.39, 0.29) is 9.79 Å². The molecule has 0 unspecified atom stereocenters. The summed E-state index contributed by atoms with van der Waals surface area (Å²) in [6, 6.07) is 25.6. The summed E-state index contributed by atoms with van der Waals surface area (Å²) >= 11 is 0. The van der Waals surface area contributed by atoms with Gasteiger partial charge in [-0.25, -0.2) is 27.1 Å². The minimum absolute atomic E-state index is 0.0501. The van der Waals surface area contributed by atoms with Crippen LogP contribution < -0.4 is 10.3 Å². The minimum atomic E-state index is -4.13. The molecule has 32 heavy (non-hydrogen) atoms. The van der Waals surface area contributed by atoms with E-state index in [2.05, 4.69) is 6.07 Å². The number of primary sulfonamides is 2. The molecular formula is C24H17N2O4S2. The van der Waals surface area contributed by atoms with Crippen LogP contribution in [0.25, 0.3) is 44.5 Å². The second kappa shape index (κ2) is 7.11. The fraction of sp³-hybridized carbons (Fsp3) is 0. The molecule has 4 N–H and O–H groups in total. The van der Waals surface area contributed by atoms with Crippen molar-refractivity contribution in [1.82, 2.24) is 0 Å². The smallest absolute Gasteiger partial charge is 0.225 e. The summed E-state index contributed by atoms with van der Waals surface area (Å²) in [5.41, 5.74) is 5.05. The molecule has 2 aliphatic rings. The number of hydrogen-bond donors (Lipinski definition) is 2. The molecule has 0 amide bonds. The van der Waals surface area contributed by atoms with Crippen LogP contribution >= 0.6 is 0 Å². The fourth-order valence-corrected chi connectivity index (χ4v) is 5.74. The van der Waals surface area contributed by atoms with Crippen LogP contribution in [0.1, 0.15) is 0 Å². The van der Waals surface area contributed by atoms with Gasteiger partial charge in [-0.1, -0.05) is 66.7 Å². The maximum Gasteiger partial charge on any atom is 0.239 e. The van der Waals surface area contributed by atoms with E-state index in [1.54, 1.807) is 30.3 Å². The first kappa shape index (κ1) is 20.6. The SMILES string of the molecule is NS(=O)(=O)c1[c]ccc2c1-c1ccc(cc1-c1ccccc1S(N)(=O)=O)-c1ccccc1-2. The lowest BCUT2D eigenvalue weighted by Crippen LogP contribution is -2.15. The van der Waals surface area contributed by atoms with Gasteiger partial charge in [0, 0.05) is 17.2 Å². The Hall–Kier alpha value is -3.30. The average Bonchev–Trinajstić information content (AvgIpc) is 2.76. The number of hydrogen-bond acceptors (Lipinski definition) is 4. The third kappa shape index (κ3) is 3.25. The van der Waals surface area contributed by atoms with Gasteiger partial charge in [0.2, 0.25) is 20.0 Å². The molecule has 4 aromatic carbocycles. The van der Waals surface area contributed by atoms with E-state index in [9.17, 15) is 16.8 Å². The lowest BCUT2D eigenvalue weighted by atomic mass is 9.82. The zero-order valence-electron chi connectivity index (χ0n) is 16.6. The fourth-order valence-electron chi connectivity index (χ4n) is 4.25. The highest BCUT2D eigenvalue weighted by Gasteiger charge is 2.27. The molecule has 0 saturated carbocycles. The lowest BCUT2D eigenvalue weighted by molar-refractivity contribution is 0.596. The molecular weight excluding hydrogens is 444 g/mol. The lowest BCUT2D eigenvalue weighted by Gasteiger charge is -2.24. The zero-order valence-corrected chi connectivity index (χ0v) is 18.2. The number of nitrogens with two attached hydrogens (primary N) is 2. The highest BCUT2D eigenvalue weighted by Crippen LogP contribution is 2.48. The van der Waals surface area contributed by atoms with Crippen molar-refractivity contribution >= 4 is 20.0 Å². The van der Waals surface area contributed by atoms with Crippen molar-refractivity contribution in [3.8, 4) is 44.5 Å². The Morgan fingerprint density at radius 2 is 1.25 bits per heavy atom. The molecule has 0 spiro atoms. The molecule has 0 heterocycles. The van der Waals surface area contributed by atoms with Crippen molar-refractivity contribution in [2.75, 3.05) is 0 Å². The average molecular weight is 462 g/mol. The van der Waals surface area contributed by atoms with E-state index in [1.165, 1.54) is 12.1 Å². The number of benzene rings is 4. The quantitative estimate of drug-likeness (QED) is 0.425. The van der Waals surface area contributed by atoms with Gasteiger partial charge in [0.1, 0.15) is 0 Å². The van der Waals surface area contributed by atoms with Gasteiger partial charge in [0.25, 0.3) is 0 Å². The third-order valence-electron chi connectivity index (χ3n) is 5.55. The van der Waals surface area contributed by atoms with Gasteiger partial charge in [-0.15, -0.1) is 0 Å². The first-order valence-electron chi connectivity index (χ1n) is 9.60. The molecule has 0 aromatic heterocycles. The first-order valence-corrected chi connectivity index (χ1v) is 12.7. The summed E-state index contributed by atoms with van der Waals surface area (Å²) in [4.78, 5) is -0.209. The van der Waals surface area contributed by atoms with E-state index in [0.717, 1.165) is 16.7 Å². The Morgan fingerprint density at radius 3 is 1.94 bits per heavy atom. The summed E-state index contributed by atoms with van der Waals surface area (Å²) < 4.78 is 49.7. The molecule has 8 heteroatoms. The number of fused-ring (bicyclic) bond motifs is 2. The molecule has 6 rings (SSSR count). The van der Waals surface area contributed by atoms with E-state index < -0.39 is 20.0 Å². The van der Waals surface area contributed by atoms with Crippen molar-refractivity contribution in [2.45, 2.75) is 9.79 Å². The van der Waals surface area contributed by atoms with Crippen LogP contribution in [0.2, 0.25) is 0 Å². The molecule has 159 valence electrons. The third-order valence-corrected chi connectivity index (χ3v) is 7.41. The van der Waals surface area contributed by atoms with Crippen molar-refractivity contribution in [1.29, 1.82) is 0 Å². The molecule has 1 radical (unpaired) electrons. The normalized spacial score (nSPS) is 12.6. The van der Waals surface area contributed by atoms with E-state index in [4.69, 9.17) is 10.3 Å². The molecule has 4 aromatic rings. The highest BCUT2D eigenvalue weighted by molar-refractivity contribution is 7.89. The van der Waals surface area contributed by atoms with Gasteiger partial charge in [0.15, 0.2) is 0 Å². The van der Waals surface area contributed by atoms with Crippen LogP contribution in [0.4, 0.5) is 0 Å². The van der Waals surface area contributed by atoms with Gasteiger partial charge >= 0.3 is 0 Å². The van der Waals surface area contributed by atoms with E-state index in [0.29, 0.717) is 27.8 Å². The highest BCUT2D eigenvalue weighted by atomic mass is 32.2. The zero-order chi connectivity index (χ0) is 22.7. The first-order chi connectivity index (χ1) is 15.2. The number of rotatable bonds is 3. The van der Waals surface area contributed by atoms with Crippen molar-refractivity contribution < 1.29 is 16.8 Å². The van der Waals surface area contributed by atoms with Crippen LogP contribution in [0, 0.1) is 6.07 Å². The van der Waals surface area contributed by atoms with Crippen LogP contribution in [0.15, 0.2) is 88.7 Å². The summed E-state index contributed by atoms with van der Waals surface area (Å²) in [6.45, 7) is 0.